The molecule has 7 heteroatoms. The van der Waals surface area contributed by atoms with Crippen LogP contribution >= 0.6 is 11.3 Å². The Balaban J connectivity index is 1.77. The van der Waals surface area contributed by atoms with E-state index in [2.05, 4.69) is 31.1 Å². The summed E-state index contributed by atoms with van der Waals surface area (Å²) in [5.41, 5.74) is 11.7. The normalized spacial score (nSPS) is 11.4. The molecule has 0 atom stereocenters. The van der Waals surface area contributed by atoms with E-state index in [-0.39, 0.29) is 6.54 Å². The molecule has 6 nitrogen and oxygen atoms in total. The largest absolute Gasteiger partial charge is 0.281 e. The third-order valence-corrected chi connectivity index (χ3v) is 4.28. The van der Waals surface area contributed by atoms with Gasteiger partial charge in [-0.2, -0.15) is 0 Å². The first-order valence-corrected chi connectivity index (χ1v) is 7.90. The van der Waals surface area contributed by atoms with Crippen molar-refractivity contribution in [1.29, 1.82) is 0 Å². The van der Waals surface area contributed by atoms with Gasteiger partial charge in [-0.3, -0.25) is 9.98 Å². The van der Waals surface area contributed by atoms with E-state index in [4.69, 9.17) is 5.53 Å². The number of fused-ring (bicyclic) bond motifs is 1. The first kappa shape index (κ1) is 15.1. The molecule has 0 radical (unpaired) electrons. The Kier molecular flexibility index (Phi) is 4.61. The predicted octanol–water partition coefficient (Wildman–Crippen LogP) is 4.51. The molecule has 3 rings (SSSR count). The SMILES string of the molecule is CC(=NCc1nc2ccccc2s1)c1cccc(CN=[N+]=[N-])n1. The summed E-state index contributed by atoms with van der Waals surface area (Å²) in [6.07, 6.45) is 0. The molecule has 3 aromatic rings. The van der Waals surface area contributed by atoms with E-state index in [9.17, 15) is 0 Å². The van der Waals surface area contributed by atoms with Crippen molar-refractivity contribution in [2.24, 2.45) is 10.1 Å². The van der Waals surface area contributed by atoms with Gasteiger partial charge in [-0.15, -0.1) is 11.3 Å². The molecule has 0 spiro atoms. The number of aliphatic imine (C=N–C) groups is 1. The van der Waals surface area contributed by atoms with Gasteiger partial charge >= 0.3 is 0 Å². The van der Waals surface area contributed by atoms with Gasteiger partial charge in [-0.25, -0.2) is 4.98 Å². The number of azide groups is 1. The van der Waals surface area contributed by atoms with Crippen molar-refractivity contribution >= 4 is 27.3 Å². The highest BCUT2D eigenvalue weighted by Gasteiger charge is 2.04. The van der Waals surface area contributed by atoms with E-state index in [1.807, 2.05) is 43.3 Å². The highest BCUT2D eigenvalue weighted by molar-refractivity contribution is 7.18. The van der Waals surface area contributed by atoms with Crippen LogP contribution < -0.4 is 0 Å². The second kappa shape index (κ2) is 7.00. The first-order chi connectivity index (χ1) is 11.3. The van der Waals surface area contributed by atoms with Crippen LogP contribution in [0.25, 0.3) is 20.7 Å². The summed E-state index contributed by atoms with van der Waals surface area (Å²) in [7, 11) is 0. The van der Waals surface area contributed by atoms with Crippen LogP contribution in [0.5, 0.6) is 0 Å². The lowest BCUT2D eigenvalue weighted by Crippen LogP contribution is -2.01. The number of pyridine rings is 1. The minimum Gasteiger partial charge on any atom is -0.281 e. The first-order valence-electron chi connectivity index (χ1n) is 7.09. The molecule has 2 aromatic heterocycles. The summed E-state index contributed by atoms with van der Waals surface area (Å²) in [5, 5.41) is 4.51. The van der Waals surface area contributed by atoms with E-state index >= 15 is 0 Å². The Morgan fingerprint density at radius 2 is 2.00 bits per heavy atom. The van der Waals surface area contributed by atoms with Crippen LogP contribution in [-0.2, 0) is 13.1 Å². The van der Waals surface area contributed by atoms with Crippen molar-refractivity contribution in [3.63, 3.8) is 0 Å². The van der Waals surface area contributed by atoms with Crippen LogP contribution in [0.3, 0.4) is 0 Å². The second-order valence-electron chi connectivity index (χ2n) is 4.88. The maximum atomic E-state index is 8.38. The molecule has 0 bridgehead atoms. The number of thiazole rings is 1. The average Bonchev–Trinajstić information content (AvgIpc) is 3.01. The molecule has 0 saturated carbocycles. The van der Waals surface area contributed by atoms with E-state index in [1.165, 1.54) is 4.70 Å². The highest BCUT2D eigenvalue weighted by Crippen LogP contribution is 2.22. The van der Waals surface area contributed by atoms with Crippen LogP contribution in [0, 0.1) is 0 Å². The van der Waals surface area contributed by atoms with Crippen molar-refractivity contribution in [3.8, 4) is 0 Å². The van der Waals surface area contributed by atoms with Crippen molar-refractivity contribution in [1.82, 2.24) is 9.97 Å². The zero-order valence-electron chi connectivity index (χ0n) is 12.5. The topological polar surface area (TPSA) is 86.9 Å². The van der Waals surface area contributed by atoms with Crippen LogP contribution in [-0.4, -0.2) is 15.7 Å². The highest BCUT2D eigenvalue weighted by atomic mass is 32.1. The molecule has 23 heavy (non-hydrogen) atoms. The average molecular weight is 322 g/mol. The second-order valence-corrected chi connectivity index (χ2v) is 6.00. The van der Waals surface area contributed by atoms with Gasteiger partial charge in [-0.05, 0) is 36.7 Å². The Hall–Kier alpha value is -2.76. The molecule has 0 unspecified atom stereocenters. The zero-order valence-corrected chi connectivity index (χ0v) is 13.4. The fourth-order valence-corrected chi connectivity index (χ4v) is 3.02. The van der Waals surface area contributed by atoms with Crippen molar-refractivity contribution in [2.45, 2.75) is 20.0 Å². The maximum absolute atomic E-state index is 8.38. The van der Waals surface area contributed by atoms with Gasteiger partial charge in [0.2, 0.25) is 0 Å². The van der Waals surface area contributed by atoms with E-state index in [0.717, 1.165) is 27.6 Å². The van der Waals surface area contributed by atoms with Gasteiger partial charge in [0.05, 0.1) is 34.7 Å². The number of nitrogens with zero attached hydrogens (tertiary/aromatic N) is 6. The fourth-order valence-electron chi connectivity index (χ4n) is 2.13. The van der Waals surface area contributed by atoms with Gasteiger partial charge in [0.15, 0.2) is 0 Å². The molecule has 0 amide bonds. The molecule has 0 aliphatic rings. The lowest BCUT2D eigenvalue weighted by molar-refractivity contribution is 0.967. The number of aromatic nitrogens is 2. The van der Waals surface area contributed by atoms with Gasteiger partial charge in [-0.1, -0.05) is 23.3 Å². The lowest BCUT2D eigenvalue weighted by atomic mass is 10.2. The minimum atomic E-state index is 0.246. The maximum Gasteiger partial charge on any atom is 0.115 e. The fraction of sp³-hybridized carbons (Fsp3) is 0.188. The van der Waals surface area contributed by atoms with E-state index < -0.39 is 0 Å². The van der Waals surface area contributed by atoms with E-state index in [1.54, 1.807) is 11.3 Å². The smallest absolute Gasteiger partial charge is 0.115 e. The Labute approximate surface area is 137 Å². The molecule has 1 aromatic carbocycles. The molecule has 0 fully saturated rings. The van der Waals surface area contributed by atoms with Crippen LogP contribution in [0.1, 0.15) is 23.3 Å². The molecule has 0 N–H and O–H groups in total. The Morgan fingerprint density at radius 3 is 2.83 bits per heavy atom. The third kappa shape index (κ3) is 3.71. The molecule has 0 saturated heterocycles. The summed E-state index contributed by atoms with van der Waals surface area (Å²) in [6, 6.07) is 13.7. The lowest BCUT2D eigenvalue weighted by Gasteiger charge is -2.02. The molecule has 2 heterocycles. The standard InChI is InChI=1S/C16H14N6S/c1-11(13-7-4-5-12(20-13)9-19-22-17)18-10-16-21-14-6-2-3-8-15(14)23-16/h2-8H,9-10H2,1H3. The number of hydrogen-bond donors (Lipinski definition) is 0. The van der Waals surface area contributed by atoms with Crippen LogP contribution in [0.4, 0.5) is 0 Å². The monoisotopic (exact) mass is 322 g/mol. The Morgan fingerprint density at radius 1 is 1.13 bits per heavy atom. The Bertz CT molecular complexity index is 875. The summed E-state index contributed by atoms with van der Waals surface area (Å²) < 4.78 is 1.17. The molecule has 0 aliphatic carbocycles. The van der Waals surface area contributed by atoms with Crippen molar-refractivity contribution in [3.05, 3.63) is 69.3 Å². The molecule has 0 aliphatic heterocycles. The summed E-state index contributed by atoms with van der Waals surface area (Å²) in [4.78, 5) is 16.4. The van der Waals surface area contributed by atoms with E-state index in [0.29, 0.717) is 6.54 Å². The summed E-state index contributed by atoms with van der Waals surface area (Å²) >= 11 is 1.65. The number of para-hydroxylation sites is 1. The van der Waals surface area contributed by atoms with Crippen LogP contribution in [0.2, 0.25) is 0 Å². The van der Waals surface area contributed by atoms with Crippen LogP contribution in [0.15, 0.2) is 52.6 Å². The molecule has 114 valence electrons. The minimum absolute atomic E-state index is 0.246. The van der Waals surface area contributed by atoms with Gasteiger partial charge < -0.3 is 0 Å². The van der Waals surface area contributed by atoms with Gasteiger partial charge in [0.25, 0.3) is 0 Å². The molecular formula is C16H14N6S. The zero-order chi connectivity index (χ0) is 16.1. The van der Waals surface area contributed by atoms with Crippen molar-refractivity contribution < 1.29 is 0 Å². The number of hydrogen-bond acceptors (Lipinski definition) is 5. The predicted molar refractivity (Wildman–Crippen MR) is 92.6 cm³/mol. The van der Waals surface area contributed by atoms with Gasteiger partial charge in [0, 0.05) is 10.6 Å². The van der Waals surface area contributed by atoms with Gasteiger partial charge in [0.1, 0.15) is 5.01 Å². The third-order valence-electron chi connectivity index (χ3n) is 3.26. The summed E-state index contributed by atoms with van der Waals surface area (Å²) in [5.74, 6) is 0. The summed E-state index contributed by atoms with van der Waals surface area (Å²) in [6.45, 7) is 2.70. The molecular weight excluding hydrogens is 308 g/mol. The number of rotatable bonds is 5. The van der Waals surface area contributed by atoms with Crippen molar-refractivity contribution in [2.75, 3.05) is 0 Å². The quantitative estimate of drug-likeness (QED) is 0.299. The number of benzene rings is 1.